The van der Waals surface area contributed by atoms with E-state index in [4.69, 9.17) is 0 Å². The standard InChI is InChI=1S/C24H41N3O4/c1-6-8-12-26-23(30)21-18-11-10-16(9-7-2)19(22(29)25-5)20(18)24(31)27(21)17(14-28)13-15(3)4/h10-11,15-21,28H,6-9,12-14H2,1-5H3,(H,25,29)(H,26,30)/t16-,17-,18+,19-,20+,21+/m1/s1. The Morgan fingerprint density at radius 3 is 2.42 bits per heavy atom. The van der Waals surface area contributed by atoms with Gasteiger partial charge in [-0.15, -0.1) is 0 Å². The van der Waals surface area contributed by atoms with Gasteiger partial charge in [-0.05, 0) is 31.1 Å². The van der Waals surface area contributed by atoms with E-state index >= 15 is 0 Å². The summed E-state index contributed by atoms with van der Waals surface area (Å²) in [5, 5.41) is 15.9. The predicted octanol–water partition coefficient (Wildman–Crippen LogP) is 2.10. The highest BCUT2D eigenvalue weighted by molar-refractivity contribution is 5.97. The van der Waals surface area contributed by atoms with Crippen molar-refractivity contribution < 1.29 is 19.5 Å². The Labute approximate surface area is 187 Å². The van der Waals surface area contributed by atoms with Gasteiger partial charge in [-0.1, -0.05) is 52.7 Å². The zero-order chi connectivity index (χ0) is 23.1. The molecule has 0 spiro atoms. The average Bonchev–Trinajstić information content (AvgIpc) is 3.04. The highest BCUT2D eigenvalue weighted by Crippen LogP contribution is 2.46. The highest BCUT2D eigenvalue weighted by Gasteiger charge is 2.58. The van der Waals surface area contributed by atoms with E-state index in [-0.39, 0.29) is 42.1 Å². The first-order chi connectivity index (χ1) is 14.8. The first-order valence-electron chi connectivity index (χ1n) is 11.9. The maximum Gasteiger partial charge on any atom is 0.243 e. The molecular weight excluding hydrogens is 394 g/mol. The molecule has 0 bridgehead atoms. The number of unbranched alkanes of at least 4 members (excludes halogenated alkanes) is 1. The smallest absolute Gasteiger partial charge is 0.243 e. The van der Waals surface area contributed by atoms with E-state index in [0.717, 1.165) is 25.7 Å². The number of hydrogen-bond acceptors (Lipinski definition) is 4. The molecule has 2 aliphatic rings. The molecule has 0 aromatic rings. The van der Waals surface area contributed by atoms with E-state index in [1.165, 1.54) is 0 Å². The van der Waals surface area contributed by atoms with Crippen molar-refractivity contribution in [2.45, 2.75) is 71.9 Å². The fourth-order valence-electron chi connectivity index (χ4n) is 5.29. The number of nitrogens with zero attached hydrogens (tertiary/aromatic N) is 1. The van der Waals surface area contributed by atoms with Crippen LogP contribution >= 0.6 is 0 Å². The third-order valence-electron chi connectivity index (χ3n) is 6.66. The molecule has 3 N–H and O–H groups in total. The minimum Gasteiger partial charge on any atom is -0.394 e. The second kappa shape index (κ2) is 11.7. The van der Waals surface area contributed by atoms with Crippen LogP contribution in [-0.4, -0.2) is 60.0 Å². The molecule has 7 nitrogen and oxygen atoms in total. The fourth-order valence-corrected chi connectivity index (χ4v) is 5.29. The lowest BCUT2D eigenvalue weighted by Crippen LogP contribution is -2.52. The zero-order valence-corrected chi connectivity index (χ0v) is 19.8. The maximum absolute atomic E-state index is 13.8. The molecule has 2 rings (SSSR count). The Hall–Kier alpha value is -1.89. The Morgan fingerprint density at radius 2 is 1.87 bits per heavy atom. The van der Waals surface area contributed by atoms with Crippen LogP contribution in [0.4, 0.5) is 0 Å². The van der Waals surface area contributed by atoms with Crippen LogP contribution in [0.15, 0.2) is 12.2 Å². The SMILES string of the molecule is CCCCNC(=O)[C@@H]1[C@H]2C=C[C@@H](CCC)[C@@H](C(=O)NC)[C@H]2C(=O)N1[C@@H](CO)CC(C)C. The second-order valence-electron chi connectivity index (χ2n) is 9.38. The van der Waals surface area contributed by atoms with Crippen LogP contribution in [0, 0.1) is 29.6 Å². The summed E-state index contributed by atoms with van der Waals surface area (Å²) < 4.78 is 0. The van der Waals surface area contributed by atoms with Crippen LogP contribution in [0.2, 0.25) is 0 Å². The lowest BCUT2D eigenvalue weighted by molar-refractivity contribution is -0.143. The molecule has 1 aliphatic carbocycles. The number of aliphatic hydroxyl groups is 1. The van der Waals surface area contributed by atoms with Crippen molar-refractivity contribution >= 4 is 17.7 Å². The topological polar surface area (TPSA) is 98.7 Å². The number of likely N-dealkylation sites (tertiary alicyclic amines) is 1. The van der Waals surface area contributed by atoms with Gasteiger partial charge in [-0.2, -0.15) is 0 Å². The summed E-state index contributed by atoms with van der Waals surface area (Å²) in [6, 6.07) is -1.14. The minimum absolute atomic E-state index is 0.0309. The molecule has 7 heteroatoms. The van der Waals surface area contributed by atoms with Gasteiger partial charge < -0.3 is 20.6 Å². The third kappa shape index (κ3) is 5.48. The highest BCUT2D eigenvalue weighted by atomic mass is 16.3. The van der Waals surface area contributed by atoms with Crippen molar-refractivity contribution in [1.29, 1.82) is 0 Å². The maximum atomic E-state index is 13.8. The summed E-state index contributed by atoms with van der Waals surface area (Å²) in [4.78, 5) is 41.5. The van der Waals surface area contributed by atoms with Crippen LogP contribution < -0.4 is 10.6 Å². The number of aliphatic hydroxyl groups excluding tert-OH is 1. The van der Waals surface area contributed by atoms with E-state index < -0.39 is 23.9 Å². The van der Waals surface area contributed by atoms with E-state index in [9.17, 15) is 19.5 Å². The Kier molecular flexibility index (Phi) is 9.54. The lowest BCUT2D eigenvalue weighted by Gasteiger charge is -2.34. The number of rotatable bonds is 11. The van der Waals surface area contributed by atoms with Crippen LogP contribution in [0.1, 0.15) is 59.8 Å². The molecule has 1 heterocycles. The number of fused-ring (bicyclic) bond motifs is 1. The van der Waals surface area contributed by atoms with Gasteiger partial charge in [0.2, 0.25) is 17.7 Å². The van der Waals surface area contributed by atoms with Gasteiger partial charge in [0, 0.05) is 19.5 Å². The molecule has 1 aliphatic heterocycles. The Bertz CT molecular complexity index is 663. The summed E-state index contributed by atoms with van der Waals surface area (Å²) >= 11 is 0. The largest absolute Gasteiger partial charge is 0.394 e. The molecular formula is C24H41N3O4. The number of carbonyl (C=O) groups is 3. The summed E-state index contributed by atoms with van der Waals surface area (Å²) in [6.07, 6.45) is 8.17. The van der Waals surface area contributed by atoms with Gasteiger partial charge in [0.05, 0.1) is 24.5 Å². The summed E-state index contributed by atoms with van der Waals surface area (Å²) in [5.41, 5.74) is 0. The van der Waals surface area contributed by atoms with Gasteiger partial charge in [-0.3, -0.25) is 14.4 Å². The third-order valence-corrected chi connectivity index (χ3v) is 6.66. The molecule has 0 aromatic heterocycles. The molecule has 1 saturated heterocycles. The van der Waals surface area contributed by atoms with E-state index in [2.05, 4.69) is 24.5 Å². The quantitative estimate of drug-likeness (QED) is 0.342. The molecule has 0 unspecified atom stereocenters. The van der Waals surface area contributed by atoms with Crippen molar-refractivity contribution in [3.05, 3.63) is 12.2 Å². The number of allylic oxidation sites excluding steroid dienone is 1. The monoisotopic (exact) mass is 435 g/mol. The summed E-state index contributed by atoms with van der Waals surface area (Å²) in [7, 11) is 1.60. The minimum atomic E-state index is -0.698. The van der Waals surface area contributed by atoms with Gasteiger partial charge >= 0.3 is 0 Å². The van der Waals surface area contributed by atoms with Crippen molar-refractivity contribution in [1.82, 2.24) is 15.5 Å². The normalized spacial score (nSPS) is 28.5. The molecule has 3 amide bonds. The Morgan fingerprint density at radius 1 is 1.16 bits per heavy atom. The molecule has 31 heavy (non-hydrogen) atoms. The van der Waals surface area contributed by atoms with E-state index in [1.807, 2.05) is 26.0 Å². The van der Waals surface area contributed by atoms with Crippen LogP contribution in [-0.2, 0) is 14.4 Å². The summed E-state index contributed by atoms with van der Waals surface area (Å²) in [5.74, 6) is -1.74. The number of amides is 3. The average molecular weight is 436 g/mol. The van der Waals surface area contributed by atoms with Gasteiger partial charge in [0.25, 0.3) is 0 Å². The summed E-state index contributed by atoms with van der Waals surface area (Å²) in [6.45, 7) is 8.56. The molecule has 0 radical (unpaired) electrons. The number of carbonyl (C=O) groups excluding carboxylic acids is 3. The van der Waals surface area contributed by atoms with Gasteiger partial charge in [0.15, 0.2) is 0 Å². The molecule has 6 atom stereocenters. The fraction of sp³-hybridized carbons (Fsp3) is 0.792. The van der Waals surface area contributed by atoms with Crippen molar-refractivity contribution in [2.75, 3.05) is 20.2 Å². The number of nitrogens with one attached hydrogen (secondary N) is 2. The molecule has 176 valence electrons. The van der Waals surface area contributed by atoms with E-state index in [0.29, 0.717) is 13.0 Å². The van der Waals surface area contributed by atoms with Crippen LogP contribution in [0.25, 0.3) is 0 Å². The van der Waals surface area contributed by atoms with Crippen LogP contribution in [0.5, 0.6) is 0 Å². The zero-order valence-electron chi connectivity index (χ0n) is 19.8. The van der Waals surface area contributed by atoms with Crippen molar-refractivity contribution in [3.8, 4) is 0 Å². The van der Waals surface area contributed by atoms with Crippen molar-refractivity contribution in [2.24, 2.45) is 29.6 Å². The van der Waals surface area contributed by atoms with Crippen molar-refractivity contribution in [3.63, 3.8) is 0 Å². The van der Waals surface area contributed by atoms with Gasteiger partial charge in [-0.25, -0.2) is 0 Å². The number of hydrogen-bond donors (Lipinski definition) is 3. The second-order valence-corrected chi connectivity index (χ2v) is 9.38. The van der Waals surface area contributed by atoms with E-state index in [1.54, 1.807) is 11.9 Å². The predicted molar refractivity (Wildman–Crippen MR) is 121 cm³/mol. The first kappa shape index (κ1) is 25.4. The lowest BCUT2D eigenvalue weighted by atomic mass is 9.68. The molecule has 1 fully saturated rings. The van der Waals surface area contributed by atoms with Gasteiger partial charge in [0.1, 0.15) is 6.04 Å². The van der Waals surface area contributed by atoms with Crippen LogP contribution in [0.3, 0.4) is 0 Å². The molecule has 0 aromatic carbocycles. The Balaban J connectivity index is 2.48. The first-order valence-corrected chi connectivity index (χ1v) is 11.9. The molecule has 0 saturated carbocycles.